The van der Waals surface area contributed by atoms with E-state index in [1.807, 2.05) is 44.2 Å². The third-order valence-electron chi connectivity index (χ3n) is 6.66. The predicted molar refractivity (Wildman–Crippen MR) is 148 cm³/mol. The summed E-state index contributed by atoms with van der Waals surface area (Å²) in [6.07, 6.45) is 1.05. The number of anilines is 1. The first kappa shape index (κ1) is 30.8. The van der Waals surface area contributed by atoms with E-state index in [1.165, 1.54) is 48.5 Å². The van der Waals surface area contributed by atoms with Gasteiger partial charge in [-0.05, 0) is 55.0 Å². The summed E-state index contributed by atoms with van der Waals surface area (Å²) in [5.74, 6) is 0.756. The molecule has 0 saturated carbocycles. The number of methoxy groups -OCH3 is 1. The van der Waals surface area contributed by atoms with Crippen LogP contribution in [0.25, 0.3) is 0 Å². The topological polar surface area (TPSA) is 140 Å². The number of carbonyl (C=O) groups is 1. The van der Waals surface area contributed by atoms with Crippen molar-refractivity contribution in [3.63, 3.8) is 0 Å². The molecule has 39 heavy (non-hydrogen) atoms. The zero-order valence-corrected chi connectivity index (χ0v) is 23.7. The van der Waals surface area contributed by atoms with E-state index in [-0.39, 0.29) is 30.2 Å². The van der Waals surface area contributed by atoms with Gasteiger partial charge in [-0.3, -0.25) is 0 Å². The number of amides is 1. The zero-order valence-electron chi connectivity index (χ0n) is 22.9. The molecule has 1 amide bonds. The van der Waals surface area contributed by atoms with Crippen molar-refractivity contribution in [3.05, 3.63) is 60.2 Å². The Morgan fingerprint density at radius 2 is 1.69 bits per heavy atom. The van der Waals surface area contributed by atoms with Crippen molar-refractivity contribution in [1.29, 1.82) is 0 Å². The van der Waals surface area contributed by atoms with Crippen molar-refractivity contribution >= 4 is 21.8 Å². The first-order chi connectivity index (χ1) is 18.6. The van der Waals surface area contributed by atoms with Crippen molar-refractivity contribution in [3.8, 4) is 0 Å². The molecule has 10 nitrogen and oxygen atoms in total. The van der Waals surface area contributed by atoms with Crippen molar-refractivity contribution in [2.75, 3.05) is 39.1 Å². The summed E-state index contributed by atoms with van der Waals surface area (Å²) in [6, 6.07) is 14.5. The van der Waals surface area contributed by atoms with Crippen LogP contribution in [-0.2, 0) is 30.7 Å². The van der Waals surface area contributed by atoms with Crippen LogP contribution in [0.2, 0.25) is 0 Å². The maximum absolute atomic E-state index is 13.2. The van der Waals surface area contributed by atoms with Crippen LogP contribution < -0.4 is 11.1 Å². The number of nitrogens with zero attached hydrogens (tertiary/aromatic N) is 1. The monoisotopic (exact) mass is 563 g/mol. The molecule has 4 rings (SSSR count). The lowest BCUT2D eigenvalue weighted by molar-refractivity contribution is -0.0904. The van der Waals surface area contributed by atoms with Gasteiger partial charge in [0.25, 0.3) is 0 Å². The van der Waals surface area contributed by atoms with Crippen LogP contribution in [0.3, 0.4) is 0 Å². The van der Waals surface area contributed by atoms with Gasteiger partial charge < -0.3 is 30.4 Å². The smallest absolute Gasteiger partial charge is 0.407 e. The molecule has 2 fully saturated rings. The normalized spacial score (nSPS) is 20.2. The quantitative estimate of drug-likeness (QED) is 0.375. The molecule has 0 aromatic heterocycles. The number of alkyl carbamates (subject to hydrolysis) is 1. The molecule has 11 heteroatoms. The number of aliphatic hydroxyl groups excluding tert-OH is 1. The molecule has 2 saturated heterocycles. The molecule has 2 aromatic rings. The fraction of sp³-hybridized carbons (Fsp3) is 0.536. The van der Waals surface area contributed by atoms with E-state index in [4.69, 9.17) is 15.2 Å². The first-order valence-electron chi connectivity index (χ1n) is 13.3. The Balaban J connectivity index is 0.000000440. The molecule has 4 N–H and O–H groups in total. The number of rotatable bonds is 10. The summed E-state index contributed by atoms with van der Waals surface area (Å²) in [5, 5.41) is 13.6. The maximum Gasteiger partial charge on any atom is 0.407 e. The second kappa shape index (κ2) is 14.6. The molecule has 2 aliphatic rings. The number of benzene rings is 2. The van der Waals surface area contributed by atoms with Crippen LogP contribution >= 0.6 is 0 Å². The highest BCUT2D eigenvalue weighted by atomic mass is 32.2. The Morgan fingerprint density at radius 3 is 2.23 bits per heavy atom. The number of ether oxygens (including phenoxy) is 3. The van der Waals surface area contributed by atoms with Gasteiger partial charge in [0.05, 0.1) is 37.4 Å². The van der Waals surface area contributed by atoms with Gasteiger partial charge in [0.2, 0.25) is 10.0 Å². The van der Waals surface area contributed by atoms with Crippen LogP contribution in [0, 0.1) is 11.8 Å². The predicted octanol–water partition coefficient (Wildman–Crippen LogP) is 3.01. The summed E-state index contributed by atoms with van der Waals surface area (Å²) in [6.45, 7) is 5.63. The van der Waals surface area contributed by atoms with Crippen LogP contribution in [0.5, 0.6) is 0 Å². The molecule has 2 heterocycles. The molecule has 2 aromatic carbocycles. The van der Waals surface area contributed by atoms with Crippen LogP contribution in [0.4, 0.5) is 10.5 Å². The van der Waals surface area contributed by atoms with Crippen LogP contribution in [0.1, 0.15) is 32.3 Å². The number of fused-ring (bicyclic) bond motifs is 1. The van der Waals surface area contributed by atoms with Crippen LogP contribution in [0.15, 0.2) is 59.5 Å². The van der Waals surface area contributed by atoms with Gasteiger partial charge in [-0.2, -0.15) is 4.31 Å². The van der Waals surface area contributed by atoms with Gasteiger partial charge in [-0.15, -0.1) is 0 Å². The standard InChI is InChI=1S/C22H31N3O5S.C6H10O2/c1-16(2)14-25(31(28,29)19-11-9-18(23)10-12-19)15-21(26)20(24-22(27)30-3)13-17-7-5-4-6-8-17;1-3-7-6-5(1)2-4-8-6/h4-12,16,20-21,26H,13-15,23H2,1-3H3,(H,24,27);5-6H,1-4H2/t20-,21+;/m0./s1. The summed E-state index contributed by atoms with van der Waals surface area (Å²) < 4.78 is 42.9. The molecule has 0 aliphatic carbocycles. The SMILES string of the molecule is C1CC2CCOC2O1.COC(=O)N[C@@H](Cc1ccccc1)[C@H](O)CN(CC(C)C)S(=O)(=O)c1ccc(N)cc1. The molecule has 0 bridgehead atoms. The fourth-order valence-electron chi connectivity index (χ4n) is 4.57. The van der Waals surface area contributed by atoms with E-state index in [0.717, 1.165) is 24.7 Å². The first-order valence-corrected chi connectivity index (χ1v) is 14.7. The average molecular weight is 564 g/mol. The highest BCUT2D eigenvalue weighted by molar-refractivity contribution is 7.89. The van der Waals surface area contributed by atoms with E-state index in [2.05, 4.69) is 10.1 Å². The Morgan fingerprint density at radius 1 is 1.08 bits per heavy atom. The number of hydrogen-bond donors (Lipinski definition) is 3. The summed E-state index contributed by atoms with van der Waals surface area (Å²) in [4.78, 5) is 11.9. The van der Waals surface area contributed by atoms with Gasteiger partial charge in [0, 0.05) is 24.7 Å². The largest absolute Gasteiger partial charge is 0.453 e. The third kappa shape index (κ3) is 9.18. The Labute approximate surface area is 231 Å². The zero-order chi connectivity index (χ0) is 28.4. The van der Waals surface area contributed by atoms with Gasteiger partial charge in [-0.1, -0.05) is 44.2 Å². The molecule has 0 unspecified atom stereocenters. The summed E-state index contributed by atoms with van der Waals surface area (Å²) in [5.41, 5.74) is 7.03. The molecule has 0 radical (unpaired) electrons. The molecular formula is C28H41N3O7S. The number of carbonyl (C=O) groups excluding carboxylic acids is 1. The number of hydrogen-bond acceptors (Lipinski definition) is 8. The van der Waals surface area contributed by atoms with E-state index in [1.54, 1.807) is 0 Å². The maximum atomic E-state index is 13.2. The molecule has 2 atom stereocenters. The number of sulfonamides is 1. The minimum absolute atomic E-state index is 0.0249. The third-order valence-corrected chi connectivity index (χ3v) is 8.50. The summed E-state index contributed by atoms with van der Waals surface area (Å²) >= 11 is 0. The minimum atomic E-state index is -3.87. The molecule has 216 valence electrons. The van der Waals surface area contributed by atoms with Gasteiger partial charge in [-0.25, -0.2) is 13.2 Å². The van der Waals surface area contributed by atoms with Gasteiger partial charge >= 0.3 is 6.09 Å². The second-order valence-corrected chi connectivity index (χ2v) is 12.2. The Bertz CT molecular complexity index is 1110. The van der Waals surface area contributed by atoms with E-state index in [0.29, 0.717) is 12.1 Å². The van der Waals surface area contributed by atoms with Crippen molar-refractivity contribution in [2.24, 2.45) is 11.8 Å². The fourth-order valence-corrected chi connectivity index (χ4v) is 6.19. The number of aliphatic hydroxyl groups is 1. The summed E-state index contributed by atoms with van der Waals surface area (Å²) in [7, 11) is -2.64. The van der Waals surface area contributed by atoms with Gasteiger partial charge in [0.15, 0.2) is 6.29 Å². The molecule has 0 spiro atoms. The lowest BCUT2D eigenvalue weighted by atomic mass is 10.0. The van der Waals surface area contributed by atoms with Crippen molar-refractivity contribution in [2.45, 2.75) is 56.4 Å². The molecular weight excluding hydrogens is 522 g/mol. The highest BCUT2D eigenvalue weighted by Crippen LogP contribution is 2.30. The highest BCUT2D eigenvalue weighted by Gasteiger charge is 2.33. The number of nitrogens with one attached hydrogen (secondary N) is 1. The lowest BCUT2D eigenvalue weighted by Gasteiger charge is -2.30. The van der Waals surface area contributed by atoms with E-state index >= 15 is 0 Å². The number of nitrogens with two attached hydrogens (primary N) is 1. The lowest BCUT2D eigenvalue weighted by Crippen LogP contribution is -2.51. The number of nitrogen functional groups attached to an aromatic ring is 1. The van der Waals surface area contributed by atoms with E-state index in [9.17, 15) is 18.3 Å². The van der Waals surface area contributed by atoms with Crippen LogP contribution in [-0.4, -0.2) is 75.8 Å². The Kier molecular flexibility index (Phi) is 11.6. The minimum Gasteiger partial charge on any atom is -0.453 e. The average Bonchev–Trinajstić information content (AvgIpc) is 3.54. The van der Waals surface area contributed by atoms with E-state index < -0.39 is 28.3 Å². The van der Waals surface area contributed by atoms with Crippen molar-refractivity contribution < 1.29 is 32.5 Å². The second-order valence-electron chi connectivity index (χ2n) is 10.2. The van der Waals surface area contributed by atoms with Gasteiger partial charge in [0.1, 0.15) is 0 Å². The molecule has 2 aliphatic heterocycles. The Hall–Kier alpha value is -2.70. The van der Waals surface area contributed by atoms with Crippen molar-refractivity contribution in [1.82, 2.24) is 9.62 Å².